The summed E-state index contributed by atoms with van der Waals surface area (Å²) in [5, 5.41) is 11.0. The van der Waals surface area contributed by atoms with Crippen molar-refractivity contribution >= 4 is 12.1 Å². The lowest BCUT2D eigenvalue weighted by molar-refractivity contribution is 0.0950. The predicted octanol–water partition coefficient (Wildman–Crippen LogP) is 4.73. The molecule has 0 fully saturated rings. The smallest absolute Gasteiger partial charge is 0.289 e. The Morgan fingerprint density at radius 3 is 2.65 bits per heavy atom. The van der Waals surface area contributed by atoms with Gasteiger partial charge in [0.2, 0.25) is 0 Å². The van der Waals surface area contributed by atoms with E-state index in [2.05, 4.69) is 20.7 Å². The molecule has 0 bridgehead atoms. The Hall–Kier alpha value is -4.19. The number of carbonyl (C=O) groups is 1. The molecule has 1 aromatic heterocycles. The summed E-state index contributed by atoms with van der Waals surface area (Å²) in [5.41, 5.74) is 7.51. The fourth-order valence-corrected chi connectivity index (χ4v) is 2.95. The minimum Gasteiger partial charge on any atom is -0.489 e. The number of aryl methyl sites for hydroxylation is 1. The first-order valence-electron chi connectivity index (χ1n) is 9.90. The summed E-state index contributed by atoms with van der Waals surface area (Å²) in [6.07, 6.45) is 1.60. The van der Waals surface area contributed by atoms with Crippen LogP contribution in [0.5, 0.6) is 5.75 Å². The van der Waals surface area contributed by atoms with Gasteiger partial charge >= 0.3 is 0 Å². The van der Waals surface area contributed by atoms with Gasteiger partial charge in [-0.15, -0.1) is 0 Å². The number of hydrogen-bond donors (Lipinski definition) is 2. The number of aromatic nitrogens is 2. The van der Waals surface area contributed by atoms with Crippen LogP contribution in [0, 0.1) is 6.92 Å². The van der Waals surface area contributed by atoms with Gasteiger partial charge in [-0.3, -0.25) is 9.89 Å². The number of ether oxygens (including phenoxy) is 1. The third-order valence-corrected chi connectivity index (χ3v) is 4.66. The first-order chi connectivity index (χ1) is 15.2. The van der Waals surface area contributed by atoms with Crippen LogP contribution in [0.1, 0.15) is 27.2 Å². The Labute approximate surface area is 180 Å². The fourth-order valence-electron chi connectivity index (χ4n) is 2.95. The highest BCUT2D eigenvalue weighted by Gasteiger charge is 2.11. The molecule has 0 saturated carbocycles. The van der Waals surface area contributed by atoms with E-state index in [1.165, 1.54) is 5.56 Å². The molecule has 1 heterocycles. The van der Waals surface area contributed by atoms with Gasteiger partial charge in [0.15, 0.2) is 0 Å². The van der Waals surface area contributed by atoms with Crippen molar-refractivity contribution in [2.24, 2.45) is 5.10 Å². The van der Waals surface area contributed by atoms with Gasteiger partial charge in [-0.05, 0) is 36.2 Å². The summed E-state index contributed by atoms with van der Waals surface area (Å²) in [7, 11) is 0. The highest BCUT2D eigenvalue weighted by atomic mass is 16.5. The Morgan fingerprint density at radius 1 is 1.03 bits per heavy atom. The van der Waals surface area contributed by atoms with Crippen molar-refractivity contribution in [2.45, 2.75) is 13.5 Å². The third kappa shape index (κ3) is 5.45. The molecule has 6 nitrogen and oxygen atoms in total. The van der Waals surface area contributed by atoms with Crippen molar-refractivity contribution in [1.82, 2.24) is 15.6 Å². The van der Waals surface area contributed by atoms with E-state index < -0.39 is 0 Å². The number of aromatic amines is 1. The summed E-state index contributed by atoms with van der Waals surface area (Å²) in [6.45, 7) is 2.50. The lowest BCUT2D eigenvalue weighted by Crippen LogP contribution is -2.17. The first-order valence-corrected chi connectivity index (χ1v) is 9.90. The highest BCUT2D eigenvalue weighted by molar-refractivity contribution is 5.94. The molecule has 154 valence electrons. The summed E-state index contributed by atoms with van der Waals surface area (Å²) in [6, 6.07) is 27.1. The minimum atomic E-state index is -0.362. The van der Waals surface area contributed by atoms with Crippen LogP contribution in [0.25, 0.3) is 11.3 Å². The van der Waals surface area contributed by atoms with Gasteiger partial charge in [0.25, 0.3) is 5.91 Å². The number of nitrogens with one attached hydrogen (secondary N) is 2. The zero-order valence-corrected chi connectivity index (χ0v) is 17.1. The third-order valence-electron chi connectivity index (χ3n) is 4.66. The van der Waals surface area contributed by atoms with E-state index in [0.29, 0.717) is 18.0 Å². The second kappa shape index (κ2) is 9.54. The van der Waals surface area contributed by atoms with Crippen molar-refractivity contribution < 1.29 is 9.53 Å². The molecule has 0 unspecified atom stereocenters. The highest BCUT2D eigenvalue weighted by Crippen LogP contribution is 2.23. The molecule has 1 amide bonds. The van der Waals surface area contributed by atoms with Crippen LogP contribution in [-0.2, 0) is 6.61 Å². The van der Waals surface area contributed by atoms with E-state index in [9.17, 15) is 4.79 Å². The number of hydrogen-bond acceptors (Lipinski definition) is 4. The molecular formula is C25H22N4O2. The van der Waals surface area contributed by atoms with Crippen molar-refractivity contribution in [3.8, 4) is 17.0 Å². The molecule has 3 aromatic carbocycles. The molecule has 0 aliphatic rings. The van der Waals surface area contributed by atoms with Crippen LogP contribution in [0.2, 0.25) is 0 Å². The molecule has 0 aliphatic heterocycles. The van der Waals surface area contributed by atoms with Crippen LogP contribution >= 0.6 is 0 Å². The zero-order valence-electron chi connectivity index (χ0n) is 17.1. The minimum absolute atomic E-state index is 0.326. The summed E-state index contributed by atoms with van der Waals surface area (Å²) in [5.74, 6) is 0.372. The van der Waals surface area contributed by atoms with Crippen molar-refractivity contribution in [3.05, 3.63) is 107 Å². The van der Waals surface area contributed by atoms with Gasteiger partial charge in [-0.25, -0.2) is 5.43 Å². The van der Waals surface area contributed by atoms with Crippen LogP contribution in [0.15, 0.2) is 90.0 Å². The van der Waals surface area contributed by atoms with Gasteiger partial charge in [-0.1, -0.05) is 72.3 Å². The SMILES string of the molecule is Cc1ccc(/C=N/NC(=O)c2cc(-c3cccc(OCc4ccccc4)c3)n[nH]2)cc1. The summed E-state index contributed by atoms with van der Waals surface area (Å²) < 4.78 is 5.87. The number of nitrogens with zero attached hydrogens (tertiary/aromatic N) is 2. The van der Waals surface area contributed by atoms with Gasteiger partial charge in [0.1, 0.15) is 18.1 Å². The van der Waals surface area contributed by atoms with E-state index in [4.69, 9.17) is 4.74 Å². The van der Waals surface area contributed by atoms with Gasteiger partial charge in [0, 0.05) is 5.56 Å². The Balaban J connectivity index is 1.38. The molecule has 31 heavy (non-hydrogen) atoms. The van der Waals surface area contributed by atoms with E-state index in [1.54, 1.807) is 12.3 Å². The van der Waals surface area contributed by atoms with E-state index >= 15 is 0 Å². The Morgan fingerprint density at radius 2 is 1.84 bits per heavy atom. The average Bonchev–Trinajstić information content (AvgIpc) is 3.30. The molecular weight excluding hydrogens is 388 g/mol. The largest absolute Gasteiger partial charge is 0.489 e. The van der Waals surface area contributed by atoms with Gasteiger partial charge in [0.05, 0.1) is 11.9 Å². The number of benzene rings is 3. The standard InChI is InChI=1S/C25H22N4O2/c1-18-10-12-19(13-11-18)16-26-29-25(30)24-15-23(27-28-24)21-8-5-9-22(14-21)31-17-20-6-3-2-4-7-20/h2-16H,17H2,1H3,(H,27,28)(H,29,30)/b26-16+. The van der Waals surface area contributed by atoms with Crippen LogP contribution in [0.3, 0.4) is 0 Å². The van der Waals surface area contributed by atoms with Gasteiger partial charge in [-0.2, -0.15) is 10.2 Å². The van der Waals surface area contributed by atoms with Crippen LogP contribution in [-0.4, -0.2) is 22.3 Å². The zero-order chi connectivity index (χ0) is 21.5. The topological polar surface area (TPSA) is 79.4 Å². The Bertz CT molecular complexity index is 1180. The average molecular weight is 410 g/mol. The monoisotopic (exact) mass is 410 g/mol. The molecule has 0 aliphatic carbocycles. The number of H-pyrrole nitrogens is 1. The molecule has 0 saturated heterocycles. The van der Waals surface area contributed by atoms with E-state index in [0.717, 1.165) is 22.4 Å². The fraction of sp³-hybridized carbons (Fsp3) is 0.0800. The molecule has 4 rings (SSSR count). The molecule has 6 heteroatoms. The number of hydrazone groups is 1. The lowest BCUT2D eigenvalue weighted by Gasteiger charge is -2.07. The predicted molar refractivity (Wildman–Crippen MR) is 121 cm³/mol. The van der Waals surface area contributed by atoms with Crippen LogP contribution in [0.4, 0.5) is 0 Å². The second-order valence-electron chi connectivity index (χ2n) is 7.08. The molecule has 0 spiro atoms. The first kappa shape index (κ1) is 20.1. The van der Waals surface area contributed by atoms with Crippen molar-refractivity contribution in [1.29, 1.82) is 0 Å². The number of amides is 1. The Kier molecular flexibility index (Phi) is 6.18. The summed E-state index contributed by atoms with van der Waals surface area (Å²) >= 11 is 0. The maximum absolute atomic E-state index is 12.3. The molecule has 0 atom stereocenters. The maximum Gasteiger partial charge on any atom is 0.289 e. The number of carbonyl (C=O) groups excluding carboxylic acids is 1. The van der Waals surface area contributed by atoms with E-state index in [1.807, 2.05) is 85.8 Å². The normalized spacial score (nSPS) is 10.9. The maximum atomic E-state index is 12.3. The molecule has 0 radical (unpaired) electrons. The molecule has 2 N–H and O–H groups in total. The van der Waals surface area contributed by atoms with Crippen molar-refractivity contribution in [3.63, 3.8) is 0 Å². The summed E-state index contributed by atoms with van der Waals surface area (Å²) in [4.78, 5) is 12.3. The second-order valence-corrected chi connectivity index (χ2v) is 7.08. The van der Waals surface area contributed by atoms with Gasteiger partial charge < -0.3 is 4.74 Å². The lowest BCUT2D eigenvalue weighted by atomic mass is 10.1. The number of rotatable bonds is 7. The molecule has 4 aromatic rings. The van der Waals surface area contributed by atoms with E-state index in [-0.39, 0.29) is 5.91 Å². The van der Waals surface area contributed by atoms with Crippen molar-refractivity contribution in [2.75, 3.05) is 0 Å². The quantitative estimate of drug-likeness (QED) is 0.342. The van der Waals surface area contributed by atoms with Crippen LogP contribution < -0.4 is 10.2 Å².